The Hall–Kier alpha value is -0.910. The molecule has 0 spiro atoms. The molecule has 6 heteroatoms. The van der Waals surface area contributed by atoms with E-state index in [1.54, 1.807) is 0 Å². The summed E-state index contributed by atoms with van der Waals surface area (Å²) in [7, 11) is 1.86. The summed E-state index contributed by atoms with van der Waals surface area (Å²) in [6.07, 6.45) is 1.46. The zero-order chi connectivity index (χ0) is 12.3. The van der Waals surface area contributed by atoms with Crippen molar-refractivity contribution in [1.82, 2.24) is 10.3 Å². The van der Waals surface area contributed by atoms with Crippen molar-refractivity contribution in [3.05, 3.63) is 23.1 Å². The van der Waals surface area contributed by atoms with Crippen LogP contribution < -0.4 is 10.2 Å². The van der Waals surface area contributed by atoms with Gasteiger partial charge in [-0.3, -0.25) is 0 Å². The van der Waals surface area contributed by atoms with Crippen LogP contribution in [-0.4, -0.2) is 44.4 Å². The molecule has 4 nitrogen and oxygen atoms in total. The van der Waals surface area contributed by atoms with Gasteiger partial charge in [0.2, 0.25) is 0 Å². The highest BCUT2D eigenvalue weighted by Crippen LogP contribution is 2.22. The van der Waals surface area contributed by atoms with Crippen molar-refractivity contribution in [1.29, 1.82) is 0 Å². The molecular weight excluding hydrogens is 245 g/mol. The lowest BCUT2D eigenvalue weighted by Gasteiger charge is -2.36. The van der Waals surface area contributed by atoms with Gasteiger partial charge in [-0.2, -0.15) is 0 Å². The van der Waals surface area contributed by atoms with E-state index in [1.807, 2.05) is 11.9 Å². The first-order valence-corrected chi connectivity index (χ1v) is 5.90. The van der Waals surface area contributed by atoms with Gasteiger partial charge in [0, 0.05) is 19.3 Å². The predicted molar refractivity (Wildman–Crippen MR) is 65.1 cm³/mol. The second-order valence-corrected chi connectivity index (χ2v) is 4.38. The molecule has 17 heavy (non-hydrogen) atoms. The van der Waals surface area contributed by atoms with E-state index in [0.717, 1.165) is 6.54 Å². The maximum absolute atomic E-state index is 13.8. The lowest BCUT2D eigenvalue weighted by Crippen LogP contribution is -2.50. The van der Waals surface area contributed by atoms with E-state index >= 15 is 0 Å². The van der Waals surface area contributed by atoms with E-state index in [-0.39, 0.29) is 11.9 Å². The number of likely N-dealkylation sites (N-methyl/N-ethyl adjacent to an activating group) is 1. The summed E-state index contributed by atoms with van der Waals surface area (Å²) in [6.45, 7) is 2.52. The van der Waals surface area contributed by atoms with Crippen LogP contribution in [0.25, 0.3) is 0 Å². The van der Waals surface area contributed by atoms with Gasteiger partial charge in [0.15, 0.2) is 11.6 Å². The summed E-state index contributed by atoms with van der Waals surface area (Å²) in [4.78, 5) is 5.99. The van der Waals surface area contributed by atoms with Gasteiger partial charge in [-0.1, -0.05) is 11.6 Å². The highest BCUT2D eigenvalue weighted by Gasteiger charge is 2.25. The minimum Gasteiger partial charge on any atom is -0.377 e. The number of hydrogen-bond donors (Lipinski definition) is 1. The SMILES string of the molecule is CNCC1COCCN1c1ncc(Cl)cc1F. The zero-order valence-corrected chi connectivity index (χ0v) is 10.4. The van der Waals surface area contributed by atoms with Crippen molar-refractivity contribution in [3.8, 4) is 0 Å². The lowest BCUT2D eigenvalue weighted by atomic mass is 10.2. The van der Waals surface area contributed by atoms with Crippen LogP contribution in [0.4, 0.5) is 10.2 Å². The second-order valence-electron chi connectivity index (χ2n) is 3.94. The molecule has 1 saturated heterocycles. The Bertz CT molecular complexity index is 389. The lowest BCUT2D eigenvalue weighted by molar-refractivity contribution is 0.0935. The molecule has 0 saturated carbocycles. The summed E-state index contributed by atoms with van der Waals surface area (Å²) < 4.78 is 19.2. The molecular formula is C11H15ClFN3O. The average molecular weight is 260 g/mol. The van der Waals surface area contributed by atoms with Crippen LogP contribution >= 0.6 is 11.6 Å². The van der Waals surface area contributed by atoms with Crippen LogP contribution in [0.5, 0.6) is 0 Å². The van der Waals surface area contributed by atoms with E-state index in [2.05, 4.69) is 10.3 Å². The van der Waals surface area contributed by atoms with Crippen molar-refractivity contribution in [2.24, 2.45) is 0 Å². The summed E-state index contributed by atoms with van der Waals surface area (Å²) in [6, 6.07) is 1.38. The number of rotatable bonds is 3. The average Bonchev–Trinajstić information content (AvgIpc) is 2.31. The van der Waals surface area contributed by atoms with Crippen molar-refractivity contribution < 1.29 is 9.13 Å². The molecule has 0 amide bonds. The van der Waals surface area contributed by atoms with Crippen LogP contribution in [-0.2, 0) is 4.74 Å². The number of morpholine rings is 1. The minimum absolute atomic E-state index is 0.0944. The molecule has 0 aromatic carbocycles. The molecule has 1 aromatic heterocycles. The van der Waals surface area contributed by atoms with E-state index in [9.17, 15) is 4.39 Å². The van der Waals surface area contributed by atoms with Gasteiger partial charge in [-0.15, -0.1) is 0 Å². The molecule has 0 radical (unpaired) electrons. The topological polar surface area (TPSA) is 37.4 Å². The molecule has 0 bridgehead atoms. The molecule has 2 heterocycles. The standard InChI is InChI=1S/C11H15ClFN3O/c1-14-6-9-7-17-3-2-16(9)11-10(13)4-8(12)5-15-11/h4-5,9,14H,2-3,6-7H2,1H3. The molecule has 1 unspecified atom stereocenters. The van der Waals surface area contributed by atoms with E-state index in [0.29, 0.717) is 30.6 Å². The van der Waals surface area contributed by atoms with Gasteiger partial charge in [-0.05, 0) is 13.1 Å². The molecule has 2 rings (SSSR count). The van der Waals surface area contributed by atoms with Gasteiger partial charge >= 0.3 is 0 Å². The molecule has 1 aliphatic heterocycles. The number of ether oxygens (including phenoxy) is 1. The normalized spacial score (nSPS) is 20.6. The number of halogens is 2. The van der Waals surface area contributed by atoms with Crippen LogP contribution in [0.2, 0.25) is 5.02 Å². The van der Waals surface area contributed by atoms with Crippen molar-refractivity contribution in [2.75, 3.05) is 38.3 Å². The monoisotopic (exact) mass is 259 g/mol. The zero-order valence-electron chi connectivity index (χ0n) is 9.62. The van der Waals surface area contributed by atoms with Crippen molar-refractivity contribution >= 4 is 17.4 Å². The fourth-order valence-electron chi connectivity index (χ4n) is 1.96. The van der Waals surface area contributed by atoms with Gasteiger partial charge in [0.1, 0.15) is 0 Å². The second kappa shape index (κ2) is 5.62. The Kier molecular flexibility index (Phi) is 4.15. The van der Waals surface area contributed by atoms with E-state index in [4.69, 9.17) is 16.3 Å². The number of aromatic nitrogens is 1. The van der Waals surface area contributed by atoms with Gasteiger partial charge < -0.3 is 15.0 Å². The third-order valence-corrected chi connectivity index (χ3v) is 2.93. The summed E-state index contributed by atoms with van der Waals surface area (Å²) in [5, 5.41) is 3.38. The molecule has 1 atom stereocenters. The molecule has 94 valence electrons. The number of anilines is 1. The largest absolute Gasteiger partial charge is 0.377 e. The first-order valence-electron chi connectivity index (χ1n) is 5.52. The van der Waals surface area contributed by atoms with Crippen LogP contribution in [0.15, 0.2) is 12.3 Å². The fourth-order valence-corrected chi connectivity index (χ4v) is 2.10. The Balaban J connectivity index is 2.23. The molecule has 1 aliphatic rings. The highest BCUT2D eigenvalue weighted by molar-refractivity contribution is 6.30. The number of nitrogens with one attached hydrogen (secondary N) is 1. The maximum Gasteiger partial charge on any atom is 0.167 e. The van der Waals surface area contributed by atoms with Crippen LogP contribution in [0.1, 0.15) is 0 Å². The number of nitrogens with zero attached hydrogens (tertiary/aromatic N) is 2. The fraction of sp³-hybridized carbons (Fsp3) is 0.545. The summed E-state index contributed by atoms with van der Waals surface area (Å²) in [5.41, 5.74) is 0. The van der Waals surface area contributed by atoms with Crippen LogP contribution in [0, 0.1) is 5.82 Å². The van der Waals surface area contributed by atoms with E-state index in [1.165, 1.54) is 12.3 Å². The first-order chi connectivity index (χ1) is 8.22. The molecule has 0 aliphatic carbocycles. The van der Waals surface area contributed by atoms with Crippen LogP contribution in [0.3, 0.4) is 0 Å². The third-order valence-electron chi connectivity index (χ3n) is 2.73. The Morgan fingerprint density at radius 3 is 3.24 bits per heavy atom. The van der Waals surface area contributed by atoms with Crippen molar-refractivity contribution in [3.63, 3.8) is 0 Å². The van der Waals surface area contributed by atoms with Crippen molar-refractivity contribution in [2.45, 2.75) is 6.04 Å². The Morgan fingerprint density at radius 1 is 1.71 bits per heavy atom. The Labute approximate surface area is 105 Å². The Morgan fingerprint density at radius 2 is 2.53 bits per heavy atom. The number of pyridine rings is 1. The van der Waals surface area contributed by atoms with E-state index < -0.39 is 0 Å². The minimum atomic E-state index is -0.388. The third kappa shape index (κ3) is 2.86. The molecule has 1 aromatic rings. The highest BCUT2D eigenvalue weighted by atomic mass is 35.5. The first kappa shape index (κ1) is 12.5. The molecule has 1 N–H and O–H groups in total. The number of hydrogen-bond acceptors (Lipinski definition) is 4. The molecule has 1 fully saturated rings. The smallest absolute Gasteiger partial charge is 0.167 e. The summed E-state index contributed by atoms with van der Waals surface area (Å²) >= 11 is 5.70. The maximum atomic E-state index is 13.8. The van der Waals surface area contributed by atoms with Gasteiger partial charge in [-0.25, -0.2) is 9.37 Å². The predicted octanol–water partition coefficient (Wildman–Crippen LogP) is 1.30. The van der Waals surface area contributed by atoms with Gasteiger partial charge in [0.05, 0.1) is 24.3 Å². The summed E-state index contributed by atoms with van der Waals surface area (Å²) in [5.74, 6) is -0.0431. The van der Waals surface area contributed by atoms with Gasteiger partial charge in [0.25, 0.3) is 0 Å². The quantitative estimate of drug-likeness (QED) is 0.888.